The summed E-state index contributed by atoms with van der Waals surface area (Å²) >= 11 is 0. The lowest BCUT2D eigenvalue weighted by Gasteiger charge is -2.10. The van der Waals surface area contributed by atoms with Crippen molar-refractivity contribution in [2.24, 2.45) is 0 Å². The van der Waals surface area contributed by atoms with Gasteiger partial charge in [0, 0.05) is 17.8 Å². The summed E-state index contributed by atoms with van der Waals surface area (Å²) in [7, 11) is 0. The van der Waals surface area contributed by atoms with Crippen LogP contribution < -0.4 is 10.1 Å². The predicted octanol–water partition coefficient (Wildman–Crippen LogP) is 3.16. The van der Waals surface area contributed by atoms with Crippen LogP contribution in [0.2, 0.25) is 0 Å². The molecule has 1 aliphatic rings. The minimum atomic E-state index is -4.63. The van der Waals surface area contributed by atoms with Gasteiger partial charge >= 0.3 is 6.36 Å². The van der Waals surface area contributed by atoms with Crippen molar-refractivity contribution >= 4 is 5.69 Å². The molecule has 0 radical (unpaired) electrons. The van der Waals surface area contributed by atoms with E-state index in [1.807, 2.05) is 0 Å². The van der Waals surface area contributed by atoms with Crippen molar-refractivity contribution < 1.29 is 17.9 Å². The van der Waals surface area contributed by atoms with Crippen molar-refractivity contribution in [3.8, 4) is 5.75 Å². The van der Waals surface area contributed by atoms with Crippen LogP contribution in [0.25, 0.3) is 0 Å². The summed E-state index contributed by atoms with van der Waals surface area (Å²) < 4.78 is 39.5. The van der Waals surface area contributed by atoms with Crippen LogP contribution in [0, 0.1) is 0 Å². The molecule has 1 N–H and O–H groups in total. The number of nitrogens with one attached hydrogen (secondary N) is 1. The molecule has 1 aromatic rings. The van der Waals surface area contributed by atoms with Crippen LogP contribution in [-0.2, 0) is 0 Å². The molecule has 5 heteroatoms. The molecule has 1 aliphatic carbocycles. The smallest absolute Gasteiger partial charge is 0.406 e. The fourth-order valence-corrected chi connectivity index (χ4v) is 1.25. The Kier molecular flexibility index (Phi) is 2.46. The zero-order chi connectivity index (χ0) is 10.9. The summed E-state index contributed by atoms with van der Waals surface area (Å²) in [6.45, 7) is 0. The molecule has 2 rings (SSSR count). The Balaban J connectivity index is 2.04. The highest BCUT2D eigenvalue weighted by molar-refractivity contribution is 5.49. The lowest BCUT2D eigenvalue weighted by Crippen LogP contribution is -2.17. The molecule has 1 fully saturated rings. The van der Waals surface area contributed by atoms with E-state index in [-0.39, 0.29) is 5.75 Å². The second kappa shape index (κ2) is 3.64. The van der Waals surface area contributed by atoms with Crippen molar-refractivity contribution in [3.05, 3.63) is 24.3 Å². The van der Waals surface area contributed by atoms with Crippen LogP contribution in [0.5, 0.6) is 5.75 Å². The fraction of sp³-hybridized carbons (Fsp3) is 0.400. The largest absolute Gasteiger partial charge is 0.573 e. The van der Waals surface area contributed by atoms with Gasteiger partial charge in [0.25, 0.3) is 0 Å². The van der Waals surface area contributed by atoms with E-state index in [4.69, 9.17) is 0 Å². The molecular formula is C10H10F3NO. The van der Waals surface area contributed by atoms with Gasteiger partial charge in [0.15, 0.2) is 0 Å². The second-order valence-electron chi connectivity index (χ2n) is 3.49. The Bertz CT molecular complexity index is 347. The molecule has 0 amide bonds. The third kappa shape index (κ3) is 3.34. The molecule has 1 aromatic carbocycles. The van der Waals surface area contributed by atoms with Crippen molar-refractivity contribution in [2.75, 3.05) is 5.32 Å². The standard InChI is InChI=1S/C10H10F3NO/c11-10(12,13)15-9-3-1-2-8(6-9)14-7-4-5-7/h1-3,6-7,14H,4-5H2. The Morgan fingerprint density at radius 3 is 2.60 bits per heavy atom. The monoisotopic (exact) mass is 217 g/mol. The first-order valence-electron chi connectivity index (χ1n) is 4.65. The first-order chi connectivity index (χ1) is 7.03. The van der Waals surface area contributed by atoms with Crippen LogP contribution in [0.3, 0.4) is 0 Å². The van der Waals surface area contributed by atoms with Gasteiger partial charge in [-0.15, -0.1) is 13.2 Å². The quantitative estimate of drug-likeness (QED) is 0.839. The molecule has 0 saturated heterocycles. The number of hydrogen-bond acceptors (Lipinski definition) is 2. The van der Waals surface area contributed by atoms with Crippen molar-refractivity contribution in [1.29, 1.82) is 0 Å². The van der Waals surface area contributed by atoms with E-state index in [0.29, 0.717) is 11.7 Å². The third-order valence-corrected chi connectivity index (χ3v) is 2.02. The molecule has 0 unspecified atom stereocenters. The molecule has 0 bridgehead atoms. The molecule has 0 heterocycles. The third-order valence-electron chi connectivity index (χ3n) is 2.02. The van der Waals surface area contributed by atoms with Crippen LogP contribution in [0.4, 0.5) is 18.9 Å². The zero-order valence-electron chi connectivity index (χ0n) is 7.84. The summed E-state index contributed by atoms with van der Waals surface area (Å²) in [6, 6.07) is 6.30. The normalized spacial score (nSPS) is 16.2. The molecule has 0 spiro atoms. The predicted molar refractivity (Wildman–Crippen MR) is 49.8 cm³/mol. The Labute approximate surface area is 85.0 Å². The molecule has 0 atom stereocenters. The SMILES string of the molecule is FC(F)(F)Oc1cccc(NC2CC2)c1. The summed E-state index contributed by atoms with van der Waals surface area (Å²) in [5.74, 6) is -0.187. The van der Waals surface area contributed by atoms with Gasteiger partial charge in [-0.25, -0.2) is 0 Å². The van der Waals surface area contributed by atoms with E-state index >= 15 is 0 Å². The highest BCUT2D eigenvalue weighted by atomic mass is 19.4. The summed E-state index contributed by atoms with van der Waals surface area (Å²) in [6.07, 6.45) is -2.48. The maximum Gasteiger partial charge on any atom is 0.573 e. The summed E-state index contributed by atoms with van der Waals surface area (Å²) in [5.41, 5.74) is 0.666. The fourth-order valence-electron chi connectivity index (χ4n) is 1.25. The Morgan fingerprint density at radius 2 is 2.00 bits per heavy atom. The van der Waals surface area contributed by atoms with Crippen molar-refractivity contribution in [2.45, 2.75) is 25.2 Å². The topological polar surface area (TPSA) is 21.3 Å². The average Bonchev–Trinajstić information content (AvgIpc) is 2.85. The molecule has 0 aliphatic heterocycles. The lowest BCUT2D eigenvalue weighted by molar-refractivity contribution is -0.274. The highest BCUT2D eigenvalue weighted by Crippen LogP contribution is 2.28. The molecule has 82 valence electrons. The number of ether oxygens (including phenoxy) is 1. The van der Waals surface area contributed by atoms with E-state index in [1.54, 1.807) is 6.07 Å². The number of hydrogen-bond donors (Lipinski definition) is 1. The Hall–Kier alpha value is -1.39. The average molecular weight is 217 g/mol. The summed E-state index contributed by atoms with van der Waals surface area (Å²) in [4.78, 5) is 0. The number of rotatable bonds is 3. The van der Waals surface area contributed by atoms with Gasteiger partial charge in [-0.1, -0.05) is 6.07 Å². The van der Waals surface area contributed by atoms with Crippen molar-refractivity contribution in [3.63, 3.8) is 0 Å². The number of benzene rings is 1. The highest BCUT2D eigenvalue weighted by Gasteiger charge is 2.31. The van der Waals surface area contributed by atoms with E-state index < -0.39 is 6.36 Å². The van der Waals surface area contributed by atoms with Gasteiger partial charge in [0.1, 0.15) is 5.75 Å². The maximum absolute atomic E-state index is 11.9. The van der Waals surface area contributed by atoms with Gasteiger partial charge in [-0.05, 0) is 25.0 Å². The van der Waals surface area contributed by atoms with Crippen LogP contribution in [-0.4, -0.2) is 12.4 Å². The van der Waals surface area contributed by atoms with E-state index in [0.717, 1.165) is 12.8 Å². The van der Waals surface area contributed by atoms with Crippen molar-refractivity contribution in [1.82, 2.24) is 0 Å². The van der Waals surface area contributed by atoms with E-state index in [1.165, 1.54) is 18.2 Å². The minimum Gasteiger partial charge on any atom is -0.406 e. The van der Waals surface area contributed by atoms with Crippen LogP contribution >= 0.6 is 0 Å². The van der Waals surface area contributed by atoms with Gasteiger partial charge in [-0.3, -0.25) is 0 Å². The van der Waals surface area contributed by atoms with Gasteiger partial charge in [0.05, 0.1) is 0 Å². The molecule has 1 saturated carbocycles. The molecular weight excluding hydrogens is 207 g/mol. The Morgan fingerprint density at radius 1 is 1.27 bits per heavy atom. The first kappa shape index (κ1) is 10.1. The van der Waals surface area contributed by atoms with Gasteiger partial charge in [-0.2, -0.15) is 0 Å². The number of halogens is 3. The second-order valence-corrected chi connectivity index (χ2v) is 3.49. The van der Waals surface area contributed by atoms with Crippen LogP contribution in [0.1, 0.15) is 12.8 Å². The number of anilines is 1. The van der Waals surface area contributed by atoms with Gasteiger partial charge in [0.2, 0.25) is 0 Å². The molecule has 0 aromatic heterocycles. The molecule has 2 nitrogen and oxygen atoms in total. The number of alkyl halides is 3. The van der Waals surface area contributed by atoms with Crippen LogP contribution in [0.15, 0.2) is 24.3 Å². The lowest BCUT2D eigenvalue weighted by atomic mass is 10.3. The van der Waals surface area contributed by atoms with E-state index in [2.05, 4.69) is 10.1 Å². The van der Waals surface area contributed by atoms with Gasteiger partial charge < -0.3 is 10.1 Å². The molecule has 15 heavy (non-hydrogen) atoms. The maximum atomic E-state index is 11.9. The first-order valence-corrected chi connectivity index (χ1v) is 4.65. The van der Waals surface area contributed by atoms with E-state index in [9.17, 15) is 13.2 Å². The summed E-state index contributed by atoms with van der Waals surface area (Å²) in [5, 5.41) is 3.09. The zero-order valence-corrected chi connectivity index (χ0v) is 7.84. The minimum absolute atomic E-state index is 0.187.